The van der Waals surface area contributed by atoms with Gasteiger partial charge in [-0.1, -0.05) is 0 Å². The van der Waals surface area contributed by atoms with Crippen LogP contribution >= 0.6 is 0 Å². The third-order valence-electron chi connectivity index (χ3n) is 3.67. The number of hydrogen-bond donors (Lipinski definition) is 2. The first-order valence-corrected chi connectivity index (χ1v) is 6.77. The second kappa shape index (κ2) is 5.24. The predicted molar refractivity (Wildman–Crippen MR) is 83.2 cm³/mol. The van der Waals surface area contributed by atoms with Crippen molar-refractivity contribution in [1.82, 2.24) is 14.5 Å². The van der Waals surface area contributed by atoms with Crippen molar-refractivity contribution in [3.05, 3.63) is 29.6 Å². The van der Waals surface area contributed by atoms with E-state index in [1.807, 2.05) is 0 Å². The molecule has 1 aromatic carbocycles. The zero-order valence-electron chi connectivity index (χ0n) is 12.5. The Balaban J connectivity index is 2.48. The van der Waals surface area contributed by atoms with E-state index in [0.717, 1.165) is 5.56 Å². The Kier molecular flexibility index (Phi) is 3.36. The summed E-state index contributed by atoms with van der Waals surface area (Å²) in [5.41, 5.74) is 8.10. The van der Waals surface area contributed by atoms with Gasteiger partial charge in [0.2, 0.25) is 0 Å². The highest BCUT2D eigenvalue weighted by atomic mass is 16.5. The monoisotopic (exact) mass is 314 g/mol. The van der Waals surface area contributed by atoms with Crippen molar-refractivity contribution < 1.29 is 19.4 Å². The number of fused-ring (bicyclic) bond motifs is 3. The third kappa shape index (κ3) is 2.24. The van der Waals surface area contributed by atoms with Crippen molar-refractivity contribution in [2.75, 3.05) is 12.8 Å². The number of rotatable bonds is 3. The molecular formula is C15H14N4O4. The van der Waals surface area contributed by atoms with E-state index in [2.05, 4.69) is 9.97 Å². The zero-order chi connectivity index (χ0) is 16.7. The standard InChI is InChI=1S/C15H14N4O4/c1-7-3-8(15(22)23-2)4-9-11-13(16)17-6-18-14(11)19(12(7)9)5-10(20)21/h3-4,6H,5H2,1-2H3,(H,20,21)(H2,16,17,18). The van der Waals surface area contributed by atoms with Crippen molar-refractivity contribution in [2.24, 2.45) is 0 Å². The molecule has 23 heavy (non-hydrogen) atoms. The average molecular weight is 314 g/mol. The second-order valence-corrected chi connectivity index (χ2v) is 5.12. The summed E-state index contributed by atoms with van der Waals surface area (Å²) in [6, 6.07) is 3.27. The Morgan fingerprint density at radius 3 is 2.74 bits per heavy atom. The van der Waals surface area contributed by atoms with E-state index in [1.54, 1.807) is 23.6 Å². The number of nitrogens with two attached hydrogens (primary N) is 1. The lowest BCUT2D eigenvalue weighted by Gasteiger charge is -2.07. The molecular weight excluding hydrogens is 300 g/mol. The molecule has 3 aromatic rings. The number of nitrogen functional groups attached to an aromatic ring is 1. The minimum Gasteiger partial charge on any atom is -0.480 e. The van der Waals surface area contributed by atoms with Crippen LogP contribution in [0.25, 0.3) is 21.9 Å². The number of hydrogen-bond acceptors (Lipinski definition) is 6. The Hall–Kier alpha value is -3.16. The van der Waals surface area contributed by atoms with E-state index in [0.29, 0.717) is 27.5 Å². The lowest BCUT2D eigenvalue weighted by molar-refractivity contribution is -0.137. The summed E-state index contributed by atoms with van der Waals surface area (Å²) >= 11 is 0. The van der Waals surface area contributed by atoms with Gasteiger partial charge >= 0.3 is 11.9 Å². The number of anilines is 1. The SMILES string of the molecule is COC(=O)c1cc(C)c2c(c1)c1c(N)ncnc1n2CC(=O)O. The van der Waals surface area contributed by atoms with E-state index >= 15 is 0 Å². The van der Waals surface area contributed by atoms with Gasteiger partial charge in [0, 0.05) is 5.39 Å². The summed E-state index contributed by atoms with van der Waals surface area (Å²) in [5, 5.41) is 10.3. The first-order valence-electron chi connectivity index (χ1n) is 6.77. The molecule has 0 radical (unpaired) electrons. The number of methoxy groups -OCH3 is 1. The number of carboxylic acid groups (broad SMARTS) is 1. The molecule has 0 spiro atoms. The molecule has 0 saturated carbocycles. The lowest BCUT2D eigenvalue weighted by atomic mass is 10.1. The highest BCUT2D eigenvalue weighted by Crippen LogP contribution is 2.33. The van der Waals surface area contributed by atoms with Crippen LogP contribution in [0.4, 0.5) is 5.82 Å². The summed E-state index contributed by atoms with van der Waals surface area (Å²) in [4.78, 5) is 31.2. The molecule has 2 aromatic heterocycles. The Bertz CT molecular complexity index is 961. The van der Waals surface area contributed by atoms with Gasteiger partial charge in [-0.25, -0.2) is 14.8 Å². The molecule has 2 heterocycles. The van der Waals surface area contributed by atoms with Crippen molar-refractivity contribution in [2.45, 2.75) is 13.5 Å². The fraction of sp³-hybridized carbons (Fsp3) is 0.200. The van der Waals surface area contributed by atoms with Crippen molar-refractivity contribution in [1.29, 1.82) is 0 Å². The van der Waals surface area contributed by atoms with Crippen LogP contribution in [0.3, 0.4) is 0 Å². The number of carbonyl (C=O) groups excluding carboxylic acids is 1. The van der Waals surface area contributed by atoms with Crippen LogP contribution in [0.2, 0.25) is 0 Å². The minimum absolute atomic E-state index is 0.227. The molecule has 0 aliphatic carbocycles. The van der Waals surface area contributed by atoms with Gasteiger partial charge < -0.3 is 20.1 Å². The highest BCUT2D eigenvalue weighted by Gasteiger charge is 2.20. The van der Waals surface area contributed by atoms with E-state index in [9.17, 15) is 14.7 Å². The molecule has 118 valence electrons. The molecule has 0 bridgehead atoms. The van der Waals surface area contributed by atoms with Gasteiger partial charge in [0.05, 0.1) is 23.6 Å². The predicted octanol–water partition coefficient (Wildman–Crippen LogP) is 1.35. The molecule has 8 nitrogen and oxygen atoms in total. The van der Waals surface area contributed by atoms with E-state index in [1.165, 1.54) is 13.4 Å². The molecule has 3 rings (SSSR count). The van der Waals surface area contributed by atoms with Crippen LogP contribution in [0.5, 0.6) is 0 Å². The number of benzene rings is 1. The maximum absolute atomic E-state index is 11.8. The first kappa shape index (κ1) is 14.8. The topological polar surface area (TPSA) is 120 Å². The largest absolute Gasteiger partial charge is 0.480 e. The van der Waals surface area contributed by atoms with E-state index < -0.39 is 11.9 Å². The van der Waals surface area contributed by atoms with Gasteiger partial charge in [0.25, 0.3) is 0 Å². The van der Waals surface area contributed by atoms with Crippen molar-refractivity contribution >= 4 is 39.7 Å². The Morgan fingerprint density at radius 1 is 1.35 bits per heavy atom. The van der Waals surface area contributed by atoms with Gasteiger partial charge in [0.1, 0.15) is 24.3 Å². The van der Waals surface area contributed by atoms with Crippen LogP contribution in [-0.2, 0) is 16.1 Å². The number of esters is 1. The maximum Gasteiger partial charge on any atom is 0.337 e. The number of nitrogens with zero attached hydrogens (tertiary/aromatic N) is 3. The number of aromatic nitrogens is 3. The molecule has 0 amide bonds. The highest BCUT2D eigenvalue weighted by molar-refractivity contribution is 6.14. The zero-order valence-corrected chi connectivity index (χ0v) is 12.5. The second-order valence-electron chi connectivity index (χ2n) is 5.12. The summed E-state index contributed by atoms with van der Waals surface area (Å²) in [5.74, 6) is -1.26. The fourth-order valence-corrected chi connectivity index (χ4v) is 2.81. The van der Waals surface area contributed by atoms with Gasteiger partial charge in [-0.3, -0.25) is 4.79 Å². The number of aryl methyl sites for hydroxylation is 1. The van der Waals surface area contributed by atoms with Gasteiger partial charge in [-0.05, 0) is 24.6 Å². The summed E-state index contributed by atoms with van der Waals surface area (Å²) in [6.45, 7) is 1.52. The molecule has 0 aliphatic heterocycles. The Morgan fingerprint density at radius 2 is 2.09 bits per heavy atom. The van der Waals surface area contributed by atoms with E-state index in [4.69, 9.17) is 10.5 Å². The number of ether oxygens (including phenoxy) is 1. The number of aliphatic carboxylic acids is 1. The summed E-state index contributed by atoms with van der Waals surface area (Å²) in [6.07, 6.45) is 1.28. The third-order valence-corrected chi connectivity index (χ3v) is 3.67. The van der Waals surface area contributed by atoms with Crippen molar-refractivity contribution in [3.63, 3.8) is 0 Å². The number of carboxylic acids is 1. The van der Waals surface area contributed by atoms with Gasteiger partial charge in [-0.15, -0.1) is 0 Å². The maximum atomic E-state index is 11.8. The smallest absolute Gasteiger partial charge is 0.337 e. The van der Waals surface area contributed by atoms with Gasteiger partial charge in [-0.2, -0.15) is 0 Å². The quantitative estimate of drug-likeness (QED) is 0.700. The summed E-state index contributed by atoms with van der Waals surface area (Å²) < 4.78 is 6.31. The Labute approximate surface area is 130 Å². The average Bonchev–Trinajstić information content (AvgIpc) is 2.81. The van der Waals surface area contributed by atoms with E-state index in [-0.39, 0.29) is 12.4 Å². The molecule has 0 atom stereocenters. The summed E-state index contributed by atoms with van der Waals surface area (Å²) in [7, 11) is 1.30. The molecule has 8 heteroatoms. The molecule has 0 unspecified atom stereocenters. The van der Waals surface area contributed by atoms with Crippen molar-refractivity contribution in [3.8, 4) is 0 Å². The molecule has 0 fully saturated rings. The fourth-order valence-electron chi connectivity index (χ4n) is 2.81. The first-order chi connectivity index (χ1) is 10.9. The molecule has 0 saturated heterocycles. The van der Waals surface area contributed by atoms with Crippen LogP contribution in [0.15, 0.2) is 18.5 Å². The molecule has 0 aliphatic rings. The molecule has 3 N–H and O–H groups in total. The minimum atomic E-state index is -1.00. The van der Waals surface area contributed by atoms with Crippen LogP contribution in [-0.4, -0.2) is 38.7 Å². The van der Waals surface area contributed by atoms with Gasteiger partial charge in [0.15, 0.2) is 0 Å². The normalized spacial score (nSPS) is 11.0. The van der Waals surface area contributed by atoms with Crippen LogP contribution < -0.4 is 5.73 Å². The van der Waals surface area contributed by atoms with Crippen LogP contribution in [0.1, 0.15) is 15.9 Å². The number of carbonyl (C=O) groups is 2. The lowest BCUT2D eigenvalue weighted by Crippen LogP contribution is -2.10. The van der Waals surface area contributed by atoms with Crippen LogP contribution in [0, 0.1) is 6.92 Å².